The highest BCUT2D eigenvalue weighted by Crippen LogP contribution is 2.45. The summed E-state index contributed by atoms with van der Waals surface area (Å²) in [4.78, 5) is 88.6. The molecule has 0 aliphatic carbocycles. The maximum absolute atomic E-state index is 13.4. The van der Waals surface area contributed by atoms with Crippen molar-refractivity contribution >= 4 is 45.5 Å². The van der Waals surface area contributed by atoms with Gasteiger partial charge in [0.15, 0.2) is 22.8 Å². The summed E-state index contributed by atoms with van der Waals surface area (Å²) in [7, 11) is -3.39. The van der Waals surface area contributed by atoms with E-state index in [2.05, 4.69) is 59.5 Å². The number of nitrogens with zero attached hydrogens (tertiary/aromatic N) is 12. The Morgan fingerprint density at radius 1 is 0.372 bits per heavy atom. The number of amides is 6. The van der Waals surface area contributed by atoms with Gasteiger partial charge in [-0.15, -0.1) is 0 Å². The topological polar surface area (TPSA) is 277 Å². The van der Waals surface area contributed by atoms with Crippen molar-refractivity contribution in [2.75, 3.05) is 58.1 Å². The lowest BCUT2D eigenvalue weighted by Gasteiger charge is -2.33. The van der Waals surface area contributed by atoms with Crippen molar-refractivity contribution in [2.24, 2.45) is 5.92 Å². The largest absolute Gasteiger partial charge is 0.416 e. The molecule has 650 valence electrons. The fourth-order valence-electron chi connectivity index (χ4n) is 17.5. The molecule has 4 fully saturated rings. The van der Waals surface area contributed by atoms with Gasteiger partial charge in [0, 0.05) is 113 Å². The molecule has 12 heterocycles. The molecule has 0 unspecified atom stereocenters. The van der Waals surface area contributed by atoms with Gasteiger partial charge in [-0.05, 0) is 142 Å². The van der Waals surface area contributed by atoms with Gasteiger partial charge in [-0.1, -0.05) is 93.6 Å². The fraction of sp³-hybridized carbons (Fsp3) is 0.500. The first-order valence-electron chi connectivity index (χ1n) is 40.7. The molecular formula is C84H96F12N16O8S. The zero-order valence-corrected chi connectivity index (χ0v) is 68.5. The second kappa shape index (κ2) is 35.9. The average Bonchev–Trinajstić information content (AvgIpc) is 1.67. The third-order valence-corrected chi connectivity index (χ3v) is 26.1. The van der Waals surface area contributed by atoms with E-state index < -0.39 is 57.0 Å². The van der Waals surface area contributed by atoms with Crippen molar-refractivity contribution in [2.45, 2.75) is 206 Å². The Morgan fingerprint density at radius 2 is 0.645 bits per heavy atom. The van der Waals surface area contributed by atoms with E-state index >= 15 is 0 Å². The molecule has 8 aliphatic heterocycles. The summed E-state index contributed by atoms with van der Waals surface area (Å²) < 4.78 is 186. The van der Waals surface area contributed by atoms with Crippen LogP contribution in [-0.4, -0.2) is 187 Å². The predicted octanol–water partition coefficient (Wildman–Crippen LogP) is 14.9. The number of rotatable bonds is 13. The molecule has 0 atom stereocenters. The van der Waals surface area contributed by atoms with Crippen LogP contribution >= 0.6 is 0 Å². The Hall–Kier alpha value is -10.4. The molecule has 8 aromatic rings. The van der Waals surface area contributed by atoms with E-state index in [0.717, 1.165) is 64.6 Å². The predicted molar refractivity (Wildman–Crippen MR) is 418 cm³/mol. The van der Waals surface area contributed by atoms with Gasteiger partial charge in [-0.3, -0.25) is 54.1 Å². The lowest BCUT2D eigenvalue weighted by atomic mass is 9.86. The monoisotopic (exact) mass is 1720 g/mol. The van der Waals surface area contributed by atoms with Crippen molar-refractivity contribution in [1.82, 2.24) is 79.4 Å². The lowest BCUT2D eigenvalue weighted by Crippen LogP contribution is -2.39. The molecule has 121 heavy (non-hydrogen) atoms. The molecule has 0 radical (unpaired) electrons. The van der Waals surface area contributed by atoms with E-state index in [0.29, 0.717) is 194 Å². The van der Waals surface area contributed by atoms with Crippen LogP contribution in [0.1, 0.15) is 254 Å². The van der Waals surface area contributed by atoms with Gasteiger partial charge in [0.05, 0.1) is 83.5 Å². The molecule has 37 heteroatoms. The normalized spacial score (nSPS) is 17.9. The fourth-order valence-corrected chi connectivity index (χ4v) is 18.6. The summed E-state index contributed by atoms with van der Waals surface area (Å²) in [6.07, 6.45) is -13.4. The number of fused-ring (bicyclic) bond motifs is 4. The van der Waals surface area contributed by atoms with E-state index in [1.165, 1.54) is 46.8 Å². The smallest absolute Gasteiger partial charge is 0.337 e. The van der Waals surface area contributed by atoms with Crippen molar-refractivity contribution in [3.05, 3.63) is 209 Å². The first-order valence-corrected chi connectivity index (χ1v) is 42.3. The lowest BCUT2D eigenvalue weighted by molar-refractivity contribution is -0.139. The van der Waals surface area contributed by atoms with Gasteiger partial charge in [0.1, 0.15) is 0 Å². The third kappa shape index (κ3) is 19.3. The number of aromatic amines is 4. The highest BCUT2D eigenvalue weighted by atomic mass is 32.2. The highest BCUT2D eigenvalue weighted by molar-refractivity contribution is 7.89. The number of likely N-dealkylation sites (tertiary alicyclic amines) is 4. The van der Waals surface area contributed by atoms with Gasteiger partial charge in [0.25, 0.3) is 23.6 Å². The standard InChI is InChI=1S/C22H25F3N4O2.C21H23F3N4O2.C21H25F3N4O.C20H23F3N4O3S/c1-13(2)20(30)29-11-16-18(12-29)26-27-19(16)21(31)28-9-7-14(8-10-28)15-5-3-4-6-17(15)22(23,24)25;1-2-18(29)28-11-15-17(12-28)25-26-19(15)20(30)27-9-7-13(8-10-27)14-5-3-4-6-16(14)21(22,23)24;1-13(2)28-11-16-18(12-28)25-26-19(16)20(29)27-9-7-14(8-10-27)15-5-3-4-6-17(15)21(22,23)24;1-2-31(29,30)27-11-15-17(12-27)24-25-18(15)19(28)26-9-7-13(8-10-26)14-5-3-4-6-16(14)20(21,22)23/h3-6,13-14H,7-12H2,1-2H3,(H,26,27);3-6,13H,2,7-12H2,1H3,(H,25,26);3-6,13-14H,7-12H2,1-2H3,(H,25,26);3-6,13H,2,7-12H2,1H3,(H,24,25). The van der Waals surface area contributed by atoms with Gasteiger partial charge in [0.2, 0.25) is 21.8 Å². The summed E-state index contributed by atoms with van der Waals surface area (Å²) in [6, 6.07) is 23.1. The summed E-state index contributed by atoms with van der Waals surface area (Å²) >= 11 is 0. The highest BCUT2D eigenvalue weighted by Gasteiger charge is 2.44. The number of hydrogen-bond donors (Lipinski definition) is 4. The first-order chi connectivity index (χ1) is 57.3. The Bertz CT molecular complexity index is 5210. The second-order valence-corrected chi connectivity index (χ2v) is 34.6. The molecule has 4 aromatic carbocycles. The number of nitrogens with one attached hydrogen (secondary N) is 4. The number of halogens is 12. The Labute approximate surface area is 691 Å². The molecular weight excluding hydrogens is 1620 g/mol. The van der Waals surface area contributed by atoms with E-state index in [9.17, 15) is 89.9 Å². The number of carbonyl (C=O) groups excluding carboxylic acids is 6. The van der Waals surface area contributed by atoms with E-state index in [4.69, 9.17) is 0 Å². The molecule has 4 saturated heterocycles. The number of benzene rings is 4. The molecule has 0 spiro atoms. The van der Waals surface area contributed by atoms with Crippen LogP contribution in [-0.2, 0) is 96.7 Å². The van der Waals surface area contributed by atoms with Crippen molar-refractivity contribution in [3.63, 3.8) is 0 Å². The summed E-state index contributed by atoms with van der Waals surface area (Å²) in [6.45, 7) is 17.4. The maximum Gasteiger partial charge on any atom is 0.416 e. The van der Waals surface area contributed by atoms with Gasteiger partial charge in [-0.25, -0.2) is 8.42 Å². The van der Waals surface area contributed by atoms with Crippen LogP contribution in [0.2, 0.25) is 0 Å². The first kappa shape index (κ1) is 88.4. The average molecular weight is 1720 g/mol. The second-order valence-electron chi connectivity index (χ2n) is 32.3. The van der Waals surface area contributed by atoms with Crippen molar-refractivity contribution in [3.8, 4) is 0 Å². The van der Waals surface area contributed by atoms with Crippen LogP contribution in [0.4, 0.5) is 52.7 Å². The minimum Gasteiger partial charge on any atom is -0.337 e. The summed E-state index contributed by atoms with van der Waals surface area (Å²) in [5.74, 6) is -2.01. The van der Waals surface area contributed by atoms with Crippen LogP contribution in [0.3, 0.4) is 0 Å². The third-order valence-electron chi connectivity index (χ3n) is 24.3. The molecule has 6 amide bonds. The molecule has 4 aromatic heterocycles. The Kier molecular flexibility index (Phi) is 26.2. The minimum absolute atomic E-state index is 0.0159. The van der Waals surface area contributed by atoms with Crippen LogP contribution < -0.4 is 0 Å². The van der Waals surface area contributed by atoms with E-state index in [-0.39, 0.29) is 95.1 Å². The number of aromatic nitrogens is 8. The van der Waals surface area contributed by atoms with Crippen LogP contribution in [0.25, 0.3) is 0 Å². The quantitative estimate of drug-likeness (QED) is 0.0783. The number of carbonyl (C=O) groups is 6. The molecule has 24 nitrogen and oxygen atoms in total. The van der Waals surface area contributed by atoms with E-state index in [1.807, 2.05) is 13.8 Å². The molecule has 4 N–H and O–H groups in total. The van der Waals surface area contributed by atoms with Crippen LogP contribution in [0.15, 0.2) is 97.1 Å². The number of H-pyrrole nitrogens is 4. The molecule has 16 rings (SSSR count). The zero-order chi connectivity index (χ0) is 86.9. The summed E-state index contributed by atoms with van der Waals surface area (Å²) in [5.41, 5.74) is 6.22. The minimum atomic E-state index is -4.41. The Morgan fingerprint density at radius 3 is 0.934 bits per heavy atom. The number of hydrogen-bond acceptors (Lipinski definition) is 13. The van der Waals surface area contributed by atoms with Gasteiger partial charge in [-0.2, -0.15) is 77.4 Å². The molecule has 0 saturated carbocycles. The zero-order valence-electron chi connectivity index (χ0n) is 67.7. The maximum atomic E-state index is 13.4. The molecule has 8 aliphatic rings. The number of alkyl halides is 12. The Balaban J connectivity index is 0.000000139. The summed E-state index contributed by atoms with van der Waals surface area (Å²) in [5, 5.41) is 28.1. The van der Waals surface area contributed by atoms with Crippen LogP contribution in [0, 0.1) is 5.92 Å². The van der Waals surface area contributed by atoms with Gasteiger partial charge < -0.3 is 29.4 Å². The SMILES string of the molecule is CC(C)C(=O)N1Cc2[nH]nc(C(=O)N3CCC(c4ccccc4C(F)(F)F)CC3)c2C1.CC(C)N1Cc2[nH]nc(C(=O)N3CCC(c4ccccc4C(F)(F)F)CC3)c2C1.CCC(=O)N1Cc2[nH]nc(C(=O)N3CCC(c4ccccc4C(F)(F)F)CC3)c2C1.CCS(=O)(=O)N1Cc2[nH]nc(C(=O)N3CCC(c4ccccc4C(F)(F)F)CC3)c2C1. The number of piperidine rings is 4. The van der Waals surface area contributed by atoms with E-state index in [1.54, 1.807) is 73.6 Å². The molecule has 0 bridgehead atoms. The van der Waals surface area contributed by atoms with Crippen molar-refractivity contribution in [1.29, 1.82) is 0 Å². The van der Waals surface area contributed by atoms with Crippen molar-refractivity contribution < 1.29 is 89.9 Å². The van der Waals surface area contributed by atoms with Crippen LogP contribution in [0.5, 0.6) is 0 Å². The number of sulfonamides is 1. The van der Waals surface area contributed by atoms with Gasteiger partial charge >= 0.3 is 24.7 Å².